The van der Waals surface area contributed by atoms with Crippen LogP contribution in [-0.4, -0.2) is 83.9 Å². The maximum Gasteiger partial charge on any atom is 0.0543 e. The molecule has 302 valence electrons. The van der Waals surface area contributed by atoms with Gasteiger partial charge < -0.3 is 0 Å². The Labute approximate surface area is 356 Å². The zero-order valence-corrected chi connectivity index (χ0v) is 42.4. The second-order valence-corrected chi connectivity index (χ2v) is 26.6. The van der Waals surface area contributed by atoms with Gasteiger partial charge in [-0.05, 0) is 161 Å². The molecule has 0 saturated carbocycles. The van der Waals surface area contributed by atoms with Crippen LogP contribution in [0.5, 0.6) is 0 Å². The van der Waals surface area contributed by atoms with Crippen LogP contribution in [0.1, 0.15) is 105 Å². The van der Waals surface area contributed by atoms with Crippen molar-refractivity contribution in [3.63, 3.8) is 0 Å². The molecule has 2 nitrogen and oxygen atoms in total. The Morgan fingerprint density at radius 2 is 0.462 bits per heavy atom. The van der Waals surface area contributed by atoms with E-state index in [1.54, 1.807) is 24.8 Å². The van der Waals surface area contributed by atoms with Gasteiger partial charge in [-0.15, -0.1) is 0 Å². The molecule has 1 aromatic carbocycles. The number of hydrogen-bond donors (Lipinski definition) is 0. The first kappa shape index (κ1) is 58.7. The van der Waals surface area contributed by atoms with Crippen LogP contribution in [0, 0.1) is 0 Å². The SMILES string of the molecule is C(=C\c1ccc(/C=C/c2ccncc2)cc1)/c1ccncc1.CC[PH+](CC)CC.CC[PH+](CC)CC.CC[PH+](CC)CC.CC[PH+](CC)CC.[Pd].[Pd]. The summed E-state index contributed by atoms with van der Waals surface area (Å²) in [5.74, 6) is 0. The monoisotopic (exact) mass is 972 g/mol. The third-order valence-electron chi connectivity index (χ3n) is 9.29. The maximum absolute atomic E-state index is 4.01. The standard InChI is InChI=1S/C20H16N2.4C6H15P.2Pd/c1-2-18(6-8-20-11-15-22-16-12-20)4-3-17(1)5-7-19-9-13-21-14-10-19;4*1-4-7(5-2)6-3;;/h1-16H;4*4-6H2,1-3H3;;/p+4/b7-5+,8-6+;;;;;;. The minimum absolute atomic E-state index is 0. The molecule has 2 heterocycles. The van der Waals surface area contributed by atoms with Crippen LogP contribution in [0.4, 0.5) is 0 Å². The van der Waals surface area contributed by atoms with Crippen LogP contribution in [-0.2, 0) is 40.8 Å². The van der Waals surface area contributed by atoms with E-state index < -0.39 is 0 Å². The van der Waals surface area contributed by atoms with Crippen molar-refractivity contribution in [1.82, 2.24) is 9.97 Å². The van der Waals surface area contributed by atoms with Gasteiger partial charge in [0.15, 0.2) is 0 Å². The van der Waals surface area contributed by atoms with Gasteiger partial charge >= 0.3 is 0 Å². The number of hydrogen-bond acceptors (Lipinski definition) is 2. The number of aromatic nitrogens is 2. The molecule has 0 aliphatic heterocycles. The summed E-state index contributed by atoms with van der Waals surface area (Å²) in [7, 11) is 0.549. The molecule has 0 atom stereocenters. The van der Waals surface area contributed by atoms with E-state index in [9.17, 15) is 0 Å². The fraction of sp³-hybridized carbons (Fsp3) is 0.545. The van der Waals surface area contributed by atoms with Crippen LogP contribution in [0.15, 0.2) is 73.3 Å². The number of nitrogens with zero attached hydrogens (tertiary/aromatic N) is 2. The van der Waals surface area contributed by atoms with Gasteiger partial charge in [0.25, 0.3) is 0 Å². The van der Waals surface area contributed by atoms with Crippen molar-refractivity contribution in [2.45, 2.75) is 83.1 Å². The van der Waals surface area contributed by atoms with E-state index >= 15 is 0 Å². The molecular weight excluding hydrogens is 893 g/mol. The minimum atomic E-state index is 0. The van der Waals surface area contributed by atoms with Crippen LogP contribution >= 0.6 is 31.7 Å². The molecule has 2 aromatic heterocycles. The summed E-state index contributed by atoms with van der Waals surface area (Å²) in [6, 6.07) is 16.4. The Hall–Kier alpha value is 0.0447. The second-order valence-electron chi connectivity index (χ2n) is 12.1. The quantitative estimate of drug-likeness (QED) is 0.106. The molecule has 0 aliphatic carbocycles. The van der Waals surface area contributed by atoms with E-state index in [2.05, 4.69) is 142 Å². The van der Waals surface area contributed by atoms with Crippen LogP contribution in [0.25, 0.3) is 24.3 Å². The predicted octanol–water partition coefficient (Wildman–Crippen LogP) is 13.9. The molecule has 0 unspecified atom stereocenters. The number of rotatable bonds is 16. The fourth-order valence-electron chi connectivity index (χ4n) is 5.05. The van der Waals surface area contributed by atoms with Crippen molar-refractivity contribution in [1.29, 1.82) is 0 Å². The number of pyridine rings is 2. The minimum Gasteiger partial charge on any atom is -0.265 e. The third kappa shape index (κ3) is 33.4. The first-order valence-electron chi connectivity index (χ1n) is 19.9. The first-order chi connectivity index (χ1) is 24.3. The van der Waals surface area contributed by atoms with Crippen molar-refractivity contribution in [2.24, 2.45) is 0 Å². The summed E-state index contributed by atoms with van der Waals surface area (Å²) in [6.45, 7) is 27.7. The van der Waals surface area contributed by atoms with Gasteiger partial charge in [0.05, 0.1) is 73.9 Å². The molecule has 0 fully saturated rings. The van der Waals surface area contributed by atoms with E-state index in [1.165, 1.54) is 85.1 Å². The van der Waals surface area contributed by atoms with Gasteiger partial charge in [0.1, 0.15) is 0 Å². The Morgan fingerprint density at radius 3 is 0.596 bits per heavy atom. The van der Waals surface area contributed by atoms with Gasteiger partial charge in [-0.1, -0.05) is 48.6 Å². The summed E-state index contributed by atoms with van der Waals surface area (Å²) in [4.78, 5) is 8.02. The van der Waals surface area contributed by atoms with Gasteiger partial charge in [0.2, 0.25) is 0 Å². The Morgan fingerprint density at radius 1 is 0.308 bits per heavy atom. The number of benzene rings is 1. The topological polar surface area (TPSA) is 25.8 Å². The molecule has 0 radical (unpaired) electrons. The van der Waals surface area contributed by atoms with Crippen molar-refractivity contribution < 1.29 is 40.8 Å². The average Bonchev–Trinajstić information content (AvgIpc) is 3.18. The molecular formula is C44H80N2P4Pd2+4. The van der Waals surface area contributed by atoms with E-state index in [0.717, 1.165) is 11.1 Å². The van der Waals surface area contributed by atoms with Gasteiger partial charge in [-0.25, -0.2) is 0 Å². The van der Waals surface area contributed by atoms with Gasteiger partial charge in [0, 0.05) is 65.6 Å². The molecule has 3 rings (SSSR count). The smallest absolute Gasteiger partial charge is 0.0543 e. The summed E-state index contributed by atoms with van der Waals surface area (Å²) in [5.41, 5.74) is 4.66. The second kappa shape index (κ2) is 43.8. The molecule has 3 aromatic rings. The zero-order chi connectivity index (χ0) is 37.8. The molecule has 0 aliphatic rings. The largest absolute Gasteiger partial charge is 0.265 e. The first-order valence-corrected chi connectivity index (χ1v) is 28.4. The van der Waals surface area contributed by atoms with Gasteiger partial charge in [-0.3, -0.25) is 9.97 Å². The van der Waals surface area contributed by atoms with Crippen LogP contribution in [0.3, 0.4) is 0 Å². The molecule has 0 N–H and O–H groups in total. The van der Waals surface area contributed by atoms with Crippen LogP contribution in [0.2, 0.25) is 0 Å². The van der Waals surface area contributed by atoms with Crippen molar-refractivity contribution in [3.8, 4) is 0 Å². The van der Waals surface area contributed by atoms with E-state index in [1.807, 2.05) is 24.3 Å². The van der Waals surface area contributed by atoms with E-state index in [4.69, 9.17) is 0 Å². The Balaban J connectivity index is -0.000000320. The maximum atomic E-state index is 4.01. The molecule has 52 heavy (non-hydrogen) atoms. The molecule has 0 amide bonds. The van der Waals surface area contributed by atoms with Crippen molar-refractivity contribution >= 4 is 56.0 Å². The molecule has 0 bridgehead atoms. The Kier molecular flexibility index (Phi) is 49.4. The molecule has 0 saturated heterocycles. The molecule has 8 heteroatoms. The van der Waals surface area contributed by atoms with Crippen molar-refractivity contribution in [3.05, 3.63) is 95.6 Å². The van der Waals surface area contributed by atoms with E-state index in [-0.39, 0.29) is 72.5 Å². The fourth-order valence-corrected chi connectivity index (χ4v) is 11.1. The Bertz CT molecular complexity index is 1010. The van der Waals surface area contributed by atoms with Crippen molar-refractivity contribution in [2.75, 3.05) is 73.9 Å². The molecule has 0 spiro atoms. The summed E-state index contributed by atoms with van der Waals surface area (Å²) in [5, 5.41) is 0. The summed E-state index contributed by atoms with van der Waals surface area (Å²) in [6.07, 6.45) is 33.0. The average molecular weight is 974 g/mol. The van der Waals surface area contributed by atoms with Gasteiger partial charge in [-0.2, -0.15) is 0 Å². The van der Waals surface area contributed by atoms with Crippen LogP contribution < -0.4 is 0 Å². The van der Waals surface area contributed by atoms with E-state index in [0.29, 0.717) is 0 Å². The predicted molar refractivity (Wildman–Crippen MR) is 253 cm³/mol. The third-order valence-corrected chi connectivity index (χ3v) is 21.3. The normalized spacial score (nSPS) is 10.3. The summed E-state index contributed by atoms with van der Waals surface area (Å²) < 4.78 is 0. The summed E-state index contributed by atoms with van der Waals surface area (Å²) >= 11 is 0. The zero-order valence-electron chi connectivity index (χ0n) is 35.2.